The second-order valence-electron chi connectivity index (χ2n) is 5.15. The van der Waals surface area contributed by atoms with Crippen LogP contribution in [0.15, 0.2) is 0 Å². The van der Waals surface area contributed by atoms with Gasteiger partial charge in [-0.1, -0.05) is 26.1 Å². The molecule has 1 atom stereocenters. The van der Waals surface area contributed by atoms with Crippen LogP contribution in [0.4, 0.5) is 5.82 Å². The Morgan fingerprint density at radius 3 is 2.60 bits per heavy atom. The Morgan fingerprint density at radius 2 is 2.15 bits per heavy atom. The number of carbonyl (C=O) groups is 1. The molecule has 1 aromatic heterocycles. The van der Waals surface area contributed by atoms with Crippen molar-refractivity contribution in [1.82, 2.24) is 9.78 Å². The summed E-state index contributed by atoms with van der Waals surface area (Å²) in [7, 11) is 3.15. The molecule has 1 rings (SSSR count). The average molecular weight is 298 g/mol. The van der Waals surface area contributed by atoms with Crippen molar-refractivity contribution in [1.29, 1.82) is 0 Å². The van der Waals surface area contributed by atoms with Crippen molar-refractivity contribution in [2.75, 3.05) is 12.4 Å². The van der Waals surface area contributed by atoms with Crippen LogP contribution in [0.2, 0.25) is 0 Å². The Kier molecular flexibility index (Phi) is 5.50. The van der Waals surface area contributed by atoms with Crippen LogP contribution >= 0.6 is 12.2 Å². The van der Waals surface area contributed by atoms with Crippen LogP contribution < -0.4 is 11.1 Å². The molecule has 0 aromatic carbocycles. The molecule has 0 bridgehead atoms. The van der Waals surface area contributed by atoms with Crippen molar-refractivity contribution >= 4 is 29.0 Å². The smallest absolute Gasteiger partial charge is 0.328 e. The number of aryl methyl sites for hydroxylation is 2. The summed E-state index contributed by atoms with van der Waals surface area (Å²) >= 11 is 5.05. The summed E-state index contributed by atoms with van der Waals surface area (Å²) in [4.78, 5) is 12.1. The lowest BCUT2D eigenvalue weighted by Gasteiger charge is -2.20. The van der Waals surface area contributed by atoms with E-state index in [2.05, 4.69) is 10.4 Å². The summed E-state index contributed by atoms with van der Waals surface area (Å²) in [5, 5.41) is 7.44. The lowest BCUT2D eigenvalue weighted by molar-refractivity contribution is -0.141. The van der Waals surface area contributed by atoms with Gasteiger partial charge in [0, 0.05) is 7.05 Å². The van der Waals surface area contributed by atoms with Crippen LogP contribution in [-0.4, -0.2) is 33.9 Å². The molecule has 0 spiro atoms. The van der Waals surface area contributed by atoms with Gasteiger partial charge in [0.25, 0.3) is 0 Å². The van der Waals surface area contributed by atoms with Gasteiger partial charge in [-0.15, -0.1) is 0 Å². The summed E-state index contributed by atoms with van der Waals surface area (Å²) in [6.07, 6.45) is 0.647. The maximum atomic E-state index is 11.9. The van der Waals surface area contributed by atoms with Crippen LogP contribution in [-0.2, 0) is 16.6 Å². The monoisotopic (exact) mass is 298 g/mol. The van der Waals surface area contributed by atoms with Crippen LogP contribution in [0, 0.1) is 12.8 Å². The number of carbonyl (C=O) groups excluding carboxylic acids is 1. The summed E-state index contributed by atoms with van der Waals surface area (Å²) in [6.45, 7) is 5.91. The number of nitrogens with zero attached hydrogens (tertiary/aromatic N) is 2. The number of hydrogen-bond acceptors (Lipinski definition) is 5. The van der Waals surface area contributed by atoms with E-state index in [1.54, 1.807) is 11.7 Å². The quantitative estimate of drug-likeness (QED) is 0.609. The zero-order valence-electron chi connectivity index (χ0n) is 12.6. The number of methoxy groups -OCH3 is 1. The highest BCUT2D eigenvalue weighted by atomic mass is 32.1. The molecule has 7 heteroatoms. The fourth-order valence-corrected chi connectivity index (χ4v) is 2.36. The third kappa shape index (κ3) is 3.69. The first-order valence-corrected chi connectivity index (χ1v) is 6.86. The van der Waals surface area contributed by atoms with Crippen LogP contribution in [0.25, 0.3) is 0 Å². The second kappa shape index (κ2) is 6.69. The van der Waals surface area contributed by atoms with Gasteiger partial charge in [0.2, 0.25) is 0 Å². The van der Waals surface area contributed by atoms with Crippen molar-refractivity contribution in [3.05, 3.63) is 11.3 Å². The number of anilines is 1. The van der Waals surface area contributed by atoms with E-state index in [9.17, 15) is 4.79 Å². The number of nitrogens with one attached hydrogen (secondary N) is 1. The van der Waals surface area contributed by atoms with Crippen molar-refractivity contribution < 1.29 is 9.53 Å². The highest BCUT2D eigenvalue weighted by Gasteiger charge is 2.24. The van der Waals surface area contributed by atoms with Gasteiger partial charge in [-0.2, -0.15) is 5.10 Å². The molecule has 3 N–H and O–H groups in total. The highest BCUT2D eigenvalue weighted by Crippen LogP contribution is 2.21. The number of aromatic nitrogens is 2. The van der Waals surface area contributed by atoms with Gasteiger partial charge in [0.1, 0.15) is 16.8 Å². The fraction of sp³-hybridized carbons (Fsp3) is 0.615. The molecule has 1 unspecified atom stereocenters. The van der Waals surface area contributed by atoms with Crippen molar-refractivity contribution in [3.63, 3.8) is 0 Å². The molecule has 0 saturated carbocycles. The predicted octanol–water partition coefficient (Wildman–Crippen LogP) is 1.36. The SMILES string of the molecule is COC(=O)C(CC(C)C)Nc1c(C(N)=S)c(C)nn1C. The summed E-state index contributed by atoms with van der Waals surface area (Å²) in [6, 6.07) is -0.456. The van der Waals surface area contributed by atoms with Gasteiger partial charge in [-0.05, 0) is 19.3 Å². The van der Waals surface area contributed by atoms with Gasteiger partial charge >= 0.3 is 5.97 Å². The topological polar surface area (TPSA) is 82.2 Å². The Bertz CT molecular complexity index is 511. The van der Waals surface area contributed by atoms with Crippen molar-refractivity contribution in [2.24, 2.45) is 18.7 Å². The molecule has 0 aliphatic rings. The maximum Gasteiger partial charge on any atom is 0.328 e. The molecule has 1 aromatic rings. The van der Waals surface area contributed by atoms with E-state index in [1.165, 1.54) is 7.11 Å². The molecule has 0 amide bonds. The first-order chi connectivity index (χ1) is 9.27. The molecule has 20 heavy (non-hydrogen) atoms. The molecule has 0 saturated heterocycles. The van der Waals surface area contributed by atoms with Crippen molar-refractivity contribution in [3.8, 4) is 0 Å². The third-order valence-corrected chi connectivity index (χ3v) is 3.18. The number of rotatable bonds is 6. The third-order valence-electron chi connectivity index (χ3n) is 2.97. The Balaban J connectivity index is 3.10. The molecule has 0 fully saturated rings. The molecule has 0 radical (unpaired) electrons. The van der Waals surface area contributed by atoms with E-state index in [0.717, 1.165) is 5.69 Å². The van der Waals surface area contributed by atoms with E-state index < -0.39 is 6.04 Å². The van der Waals surface area contributed by atoms with Crippen LogP contribution in [0.5, 0.6) is 0 Å². The van der Waals surface area contributed by atoms with Gasteiger partial charge in [-0.25, -0.2) is 4.79 Å². The molecule has 1 heterocycles. The summed E-state index contributed by atoms with van der Waals surface area (Å²) in [5.41, 5.74) is 7.14. The summed E-state index contributed by atoms with van der Waals surface area (Å²) < 4.78 is 6.48. The average Bonchev–Trinajstić information content (AvgIpc) is 2.61. The number of esters is 1. The van der Waals surface area contributed by atoms with E-state index in [0.29, 0.717) is 23.7 Å². The minimum Gasteiger partial charge on any atom is -0.467 e. The number of nitrogens with two attached hydrogens (primary N) is 1. The zero-order chi connectivity index (χ0) is 15.4. The molecule has 112 valence electrons. The molecule has 0 aliphatic carbocycles. The largest absolute Gasteiger partial charge is 0.467 e. The van der Waals surface area contributed by atoms with Crippen molar-refractivity contribution in [2.45, 2.75) is 33.2 Å². The lowest BCUT2D eigenvalue weighted by Crippen LogP contribution is -2.33. The molecular weight excluding hydrogens is 276 g/mol. The maximum absolute atomic E-state index is 11.9. The van der Waals surface area contributed by atoms with E-state index >= 15 is 0 Å². The van der Waals surface area contributed by atoms with E-state index in [4.69, 9.17) is 22.7 Å². The van der Waals surface area contributed by atoms with E-state index in [1.807, 2.05) is 20.8 Å². The van der Waals surface area contributed by atoms with Gasteiger partial charge < -0.3 is 15.8 Å². The minimum absolute atomic E-state index is 0.256. The summed E-state index contributed by atoms with van der Waals surface area (Å²) in [5.74, 6) is 0.673. The predicted molar refractivity (Wildman–Crippen MR) is 82.7 cm³/mol. The number of thiocarbonyl (C=S) groups is 1. The van der Waals surface area contributed by atoms with Gasteiger partial charge in [-0.3, -0.25) is 4.68 Å². The van der Waals surface area contributed by atoms with E-state index in [-0.39, 0.29) is 11.0 Å². The standard InChI is InChI=1S/C13H22N4O2S/c1-7(2)6-9(13(18)19-5)15-12-10(11(14)20)8(3)16-17(12)4/h7,9,15H,6H2,1-5H3,(H2,14,20). The Hall–Kier alpha value is -1.63. The zero-order valence-corrected chi connectivity index (χ0v) is 13.4. The Labute approximate surface area is 124 Å². The van der Waals surface area contributed by atoms with Crippen LogP contribution in [0.1, 0.15) is 31.5 Å². The molecule has 0 aliphatic heterocycles. The fourth-order valence-electron chi connectivity index (χ4n) is 2.11. The van der Waals surface area contributed by atoms with Crippen LogP contribution in [0.3, 0.4) is 0 Å². The Morgan fingerprint density at radius 1 is 1.55 bits per heavy atom. The highest BCUT2D eigenvalue weighted by molar-refractivity contribution is 7.80. The number of hydrogen-bond donors (Lipinski definition) is 2. The first kappa shape index (κ1) is 16.4. The number of ether oxygens (including phenoxy) is 1. The molecular formula is C13H22N4O2S. The minimum atomic E-state index is -0.456. The second-order valence-corrected chi connectivity index (χ2v) is 5.59. The first-order valence-electron chi connectivity index (χ1n) is 6.45. The van der Waals surface area contributed by atoms with Gasteiger partial charge in [0.05, 0.1) is 18.4 Å². The lowest BCUT2D eigenvalue weighted by atomic mass is 10.0. The molecule has 6 nitrogen and oxygen atoms in total. The normalized spacial score (nSPS) is 12.3. The van der Waals surface area contributed by atoms with Gasteiger partial charge in [0.15, 0.2) is 0 Å².